The van der Waals surface area contributed by atoms with E-state index >= 15 is 0 Å². The van der Waals surface area contributed by atoms with E-state index in [1.165, 1.54) is 0 Å². The molecule has 84 valence electrons. The van der Waals surface area contributed by atoms with Gasteiger partial charge in [0.25, 0.3) is 5.91 Å². The van der Waals surface area contributed by atoms with Crippen molar-refractivity contribution in [3.05, 3.63) is 9.47 Å². The SMILES string of the molecule is CCCC(CC)NC(=O)c1nnc(Cl)s1. The van der Waals surface area contributed by atoms with Crippen LogP contribution < -0.4 is 5.32 Å². The molecule has 1 amide bonds. The minimum Gasteiger partial charge on any atom is -0.347 e. The number of hydrogen-bond acceptors (Lipinski definition) is 4. The Balaban J connectivity index is 2.54. The molecule has 1 aromatic heterocycles. The lowest BCUT2D eigenvalue weighted by Gasteiger charge is -2.14. The molecule has 1 N–H and O–H groups in total. The van der Waals surface area contributed by atoms with Crippen LogP contribution in [0.1, 0.15) is 42.9 Å². The van der Waals surface area contributed by atoms with Crippen molar-refractivity contribution >= 4 is 28.8 Å². The van der Waals surface area contributed by atoms with E-state index in [1.807, 2.05) is 6.92 Å². The van der Waals surface area contributed by atoms with Crippen molar-refractivity contribution in [1.29, 1.82) is 0 Å². The van der Waals surface area contributed by atoms with Crippen LogP contribution in [0.5, 0.6) is 0 Å². The number of rotatable bonds is 5. The van der Waals surface area contributed by atoms with Crippen molar-refractivity contribution in [3.8, 4) is 0 Å². The van der Waals surface area contributed by atoms with E-state index in [9.17, 15) is 4.79 Å². The third kappa shape index (κ3) is 3.76. The monoisotopic (exact) mass is 247 g/mol. The van der Waals surface area contributed by atoms with Gasteiger partial charge in [-0.15, -0.1) is 10.2 Å². The molecule has 1 rings (SSSR count). The standard InChI is InChI=1S/C9H14ClN3OS/c1-3-5-6(4-2)11-7(14)8-12-13-9(10)15-8/h6H,3-5H2,1-2H3,(H,11,14). The maximum absolute atomic E-state index is 11.6. The molecule has 0 fully saturated rings. The molecule has 4 nitrogen and oxygen atoms in total. The predicted molar refractivity (Wildman–Crippen MR) is 61.4 cm³/mol. The van der Waals surface area contributed by atoms with E-state index in [2.05, 4.69) is 22.4 Å². The molecule has 0 aliphatic rings. The lowest BCUT2D eigenvalue weighted by atomic mass is 10.1. The number of carbonyl (C=O) groups is 1. The zero-order chi connectivity index (χ0) is 11.3. The Morgan fingerprint density at radius 3 is 2.73 bits per heavy atom. The summed E-state index contributed by atoms with van der Waals surface area (Å²) in [6.45, 7) is 4.14. The first-order valence-corrected chi connectivity index (χ1v) is 6.16. The van der Waals surface area contributed by atoms with Crippen molar-refractivity contribution in [1.82, 2.24) is 15.5 Å². The largest absolute Gasteiger partial charge is 0.347 e. The zero-order valence-corrected chi connectivity index (χ0v) is 10.4. The number of amides is 1. The summed E-state index contributed by atoms with van der Waals surface area (Å²) in [7, 11) is 0. The lowest BCUT2D eigenvalue weighted by molar-refractivity contribution is 0.0932. The molecule has 0 aromatic carbocycles. The highest BCUT2D eigenvalue weighted by atomic mass is 35.5. The molecule has 0 saturated heterocycles. The number of nitrogens with one attached hydrogen (secondary N) is 1. The first-order chi connectivity index (χ1) is 7.17. The van der Waals surface area contributed by atoms with Gasteiger partial charge in [-0.05, 0) is 24.4 Å². The summed E-state index contributed by atoms with van der Waals surface area (Å²) >= 11 is 6.70. The van der Waals surface area contributed by atoms with E-state index < -0.39 is 0 Å². The summed E-state index contributed by atoms with van der Waals surface area (Å²) < 4.78 is 0.295. The van der Waals surface area contributed by atoms with Gasteiger partial charge in [-0.25, -0.2) is 0 Å². The maximum Gasteiger partial charge on any atom is 0.282 e. The van der Waals surface area contributed by atoms with E-state index in [-0.39, 0.29) is 11.9 Å². The fraction of sp³-hybridized carbons (Fsp3) is 0.667. The fourth-order valence-electron chi connectivity index (χ4n) is 1.27. The molecule has 6 heteroatoms. The van der Waals surface area contributed by atoms with E-state index in [0.717, 1.165) is 30.6 Å². The van der Waals surface area contributed by atoms with Crippen LogP contribution in [0, 0.1) is 0 Å². The minimum absolute atomic E-state index is 0.181. The van der Waals surface area contributed by atoms with Gasteiger partial charge in [-0.3, -0.25) is 4.79 Å². The first kappa shape index (κ1) is 12.4. The zero-order valence-electron chi connectivity index (χ0n) is 8.79. The molecule has 0 aliphatic carbocycles. The quantitative estimate of drug-likeness (QED) is 0.870. The van der Waals surface area contributed by atoms with Gasteiger partial charge in [-0.2, -0.15) is 0 Å². The second kappa shape index (κ2) is 6.02. The average Bonchev–Trinajstić information content (AvgIpc) is 2.64. The molecule has 15 heavy (non-hydrogen) atoms. The third-order valence-electron chi connectivity index (χ3n) is 2.06. The number of halogens is 1. The summed E-state index contributed by atoms with van der Waals surface area (Å²) in [4.78, 5) is 11.6. The average molecular weight is 248 g/mol. The van der Waals surface area contributed by atoms with Crippen molar-refractivity contribution in [2.75, 3.05) is 0 Å². The Morgan fingerprint density at radius 2 is 2.27 bits per heavy atom. The number of carbonyl (C=O) groups excluding carboxylic acids is 1. The Labute approximate surface area is 98.0 Å². The van der Waals surface area contributed by atoms with Gasteiger partial charge in [0.05, 0.1) is 0 Å². The number of hydrogen-bond donors (Lipinski definition) is 1. The molecular weight excluding hydrogens is 234 g/mol. The highest BCUT2D eigenvalue weighted by Gasteiger charge is 2.15. The minimum atomic E-state index is -0.181. The summed E-state index contributed by atoms with van der Waals surface area (Å²) in [5.74, 6) is -0.181. The molecule has 0 radical (unpaired) electrons. The van der Waals surface area contributed by atoms with Gasteiger partial charge in [0, 0.05) is 6.04 Å². The predicted octanol–water partition coefficient (Wildman–Crippen LogP) is 2.50. The molecule has 0 bridgehead atoms. The van der Waals surface area contributed by atoms with Gasteiger partial charge >= 0.3 is 0 Å². The normalized spacial score (nSPS) is 12.5. The first-order valence-electron chi connectivity index (χ1n) is 4.97. The molecule has 1 atom stereocenters. The summed E-state index contributed by atoms with van der Waals surface area (Å²) in [6, 6.07) is 0.213. The van der Waals surface area contributed by atoms with Gasteiger partial charge in [0.1, 0.15) is 0 Å². The second-order valence-electron chi connectivity index (χ2n) is 3.23. The summed E-state index contributed by atoms with van der Waals surface area (Å²) in [6.07, 6.45) is 2.95. The van der Waals surface area contributed by atoms with Crippen LogP contribution in [0.4, 0.5) is 0 Å². The van der Waals surface area contributed by atoms with E-state index in [0.29, 0.717) is 9.47 Å². The van der Waals surface area contributed by atoms with Gasteiger partial charge < -0.3 is 5.32 Å². The van der Waals surface area contributed by atoms with Crippen molar-refractivity contribution in [3.63, 3.8) is 0 Å². The fourth-order valence-corrected chi connectivity index (χ4v) is 2.00. The van der Waals surface area contributed by atoms with Crippen LogP contribution in [0.25, 0.3) is 0 Å². The topological polar surface area (TPSA) is 54.9 Å². The summed E-state index contributed by atoms with van der Waals surface area (Å²) in [5.41, 5.74) is 0. The van der Waals surface area contributed by atoms with Crippen molar-refractivity contribution < 1.29 is 4.79 Å². The Morgan fingerprint density at radius 1 is 1.53 bits per heavy atom. The highest BCUT2D eigenvalue weighted by molar-refractivity contribution is 7.17. The molecule has 1 unspecified atom stereocenters. The Bertz CT molecular complexity index is 329. The maximum atomic E-state index is 11.6. The molecule has 1 aromatic rings. The molecule has 1 heterocycles. The van der Waals surface area contributed by atoms with Crippen LogP contribution in [-0.2, 0) is 0 Å². The van der Waals surface area contributed by atoms with Crippen molar-refractivity contribution in [2.45, 2.75) is 39.2 Å². The molecule has 0 spiro atoms. The van der Waals surface area contributed by atoms with Crippen LogP contribution in [-0.4, -0.2) is 22.1 Å². The van der Waals surface area contributed by atoms with E-state index in [4.69, 9.17) is 11.6 Å². The van der Waals surface area contributed by atoms with Crippen molar-refractivity contribution in [2.24, 2.45) is 0 Å². The highest BCUT2D eigenvalue weighted by Crippen LogP contribution is 2.15. The third-order valence-corrected chi connectivity index (χ3v) is 3.08. The summed E-state index contributed by atoms with van der Waals surface area (Å²) in [5, 5.41) is 10.5. The Kier molecular flexibility index (Phi) is 4.98. The smallest absolute Gasteiger partial charge is 0.282 e. The molecule has 0 aliphatic heterocycles. The molecular formula is C9H14ClN3OS. The number of nitrogens with zero attached hydrogens (tertiary/aromatic N) is 2. The van der Waals surface area contributed by atoms with E-state index in [1.54, 1.807) is 0 Å². The second-order valence-corrected chi connectivity index (χ2v) is 4.79. The lowest BCUT2D eigenvalue weighted by Crippen LogP contribution is -2.34. The van der Waals surface area contributed by atoms with Crippen LogP contribution in [0.3, 0.4) is 0 Å². The van der Waals surface area contributed by atoms with Crippen LogP contribution in [0.2, 0.25) is 4.47 Å². The Hall–Kier alpha value is -0.680. The van der Waals surface area contributed by atoms with Gasteiger partial charge in [-0.1, -0.05) is 31.6 Å². The van der Waals surface area contributed by atoms with Gasteiger partial charge in [0.15, 0.2) is 0 Å². The van der Waals surface area contributed by atoms with Crippen LogP contribution in [0.15, 0.2) is 0 Å². The van der Waals surface area contributed by atoms with Crippen LogP contribution >= 0.6 is 22.9 Å². The number of aromatic nitrogens is 2. The van der Waals surface area contributed by atoms with Gasteiger partial charge in [0.2, 0.25) is 9.47 Å². The molecule has 0 saturated carbocycles.